The number of para-hydroxylation sites is 1. The van der Waals surface area contributed by atoms with Crippen molar-refractivity contribution in [3.63, 3.8) is 0 Å². The average Bonchev–Trinajstić information content (AvgIpc) is 3.21. The fourth-order valence-corrected chi connectivity index (χ4v) is 3.23. The summed E-state index contributed by atoms with van der Waals surface area (Å²) in [5, 5.41) is 3.75. The Labute approximate surface area is 145 Å². The molecular formula is C20H18N2O3. The Hall–Kier alpha value is -3.08. The Morgan fingerprint density at radius 1 is 1.16 bits per heavy atom. The smallest absolute Gasteiger partial charge is 0.291 e. The van der Waals surface area contributed by atoms with Crippen LogP contribution in [0.1, 0.15) is 29.0 Å². The van der Waals surface area contributed by atoms with Gasteiger partial charge in [0.25, 0.3) is 5.91 Å². The molecule has 1 fully saturated rings. The molecule has 5 nitrogen and oxygen atoms in total. The van der Waals surface area contributed by atoms with Gasteiger partial charge in [-0.15, -0.1) is 0 Å². The van der Waals surface area contributed by atoms with E-state index in [0.29, 0.717) is 17.7 Å². The molecule has 2 aromatic carbocycles. The summed E-state index contributed by atoms with van der Waals surface area (Å²) in [5.41, 5.74) is 3.23. The zero-order valence-electron chi connectivity index (χ0n) is 13.9. The van der Waals surface area contributed by atoms with Crippen molar-refractivity contribution in [3.8, 4) is 0 Å². The minimum Gasteiger partial charge on any atom is -0.451 e. The van der Waals surface area contributed by atoms with Crippen LogP contribution in [-0.2, 0) is 4.79 Å². The van der Waals surface area contributed by atoms with Crippen molar-refractivity contribution in [2.75, 3.05) is 16.8 Å². The summed E-state index contributed by atoms with van der Waals surface area (Å²) in [6, 6.07) is 14.8. The van der Waals surface area contributed by atoms with E-state index in [1.165, 1.54) is 0 Å². The molecule has 0 spiro atoms. The SMILES string of the molecule is Cc1cc(NC(=O)c2cc3ccccc3o2)ccc1N1CCCC1=O. The normalized spacial score (nSPS) is 14.3. The van der Waals surface area contributed by atoms with Gasteiger partial charge in [-0.25, -0.2) is 0 Å². The minimum absolute atomic E-state index is 0.155. The molecular weight excluding hydrogens is 316 g/mol. The number of nitrogens with one attached hydrogen (secondary N) is 1. The first-order chi connectivity index (χ1) is 12.1. The van der Waals surface area contributed by atoms with Crippen LogP contribution in [0.25, 0.3) is 11.0 Å². The summed E-state index contributed by atoms with van der Waals surface area (Å²) in [5.74, 6) is 0.139. The van der Waals surface area contributed by atoms with Crippen molar-refractivity contribution < 1.29 is 14.0 Å². The third-order valence-corrected chi connectivity index (χ3v) is 4.47. The Morgan fingerprint density at radius 2 is 2.00 bits per heavy atom. The highest BCUT2D eigenvalue weighted by atomic mass is 16.3. The van der Waals surface area contributed by atoms with Crippen LogP contribution in [0.3, 0.4) is 0 Å². The quantitative estimate of drug-likeness (QED) is 0.783. The Bertz CT molecular complexity index is 941. The second-order valence-corrected chi connectivity index (χ2v) is 6.25. The molecule has 25 heavy (non-hydrogen) atoms. The molecule has 1 aliphatic rings. The molecule has 5 heteroatoms. The zero-order chi connectivity index (χ0) is 17.4. The van der Waals surface area contributed by atoms with E-state index in [4.69, 9.17) is 4.42 Å². The lowest BCUT2D eigenvalue weighted by atomic mass is 10.1. The zero-order valence-corrected chi connectivity index (χ0v) is 13.9. The summed E-state index contributed by atoms with van der Waals surface area (Å²) in [4.78, 5) is 26.1. The van der Waals surface area contributed by atoms with Gasteiger partial charge >= 0.3 is 0 Å². The van der Waals surface area contributed by atoms with E-state index in [9.17, 15) is 9.59 Å². The molecule has 1 aliphatic heterocycles. The lowest BCUT2D eigenvalue weighted by Gasteiger charge is -2.19. The van der Waals surface area contributed by atoms with Crippen LogP contribution < -0.4 is 10.2 Å². The topological polar surface area (TPSA) is 62.6 Å². The van der Waals surface area contributed by atoms with Crippen LogP contribution in [0.2, 0.25) is 0 Å². The summed E-state index contributed by atoms with van der Waals surface area (Å²) in [6.45, 7) is 2.70. The fraction of sp³-hybridized carbons (Fsp3) is 0.200. The predicted octanol–water partition coefficient (Wildman–Crippen LogP) is 4.12. The van der Waals surface area contributed by atoms with E-state index in [-0.39, 0.29) is 17.6 Å². The molecule has 2 heterocycles. The molecule has 126 valence electrons. The first-order valence-electron chi connectivity index (χ1n) is 8.33. The fourth-order valence-electron chi connectivity index (χ4n) is 3.23. The van der Waals surface area contributed by atoms with E-state index in [1.807, 2.05) is 49.4 Å². The average molecular weight is 334 g/mol. The number of carbonyl (C=O) groups is 2. The van der Waals surface area contributed by atoms with Crippen LogP contribution >= 0.6 is 0 Å². The molecule has 1 N–H and O–H groups in total. The largest absolute Gasteiger partial charge is 0.451 e. The Balaban J connectivity index is 1.55. The van der Waals surface area contributed by atoms with Crippen molar-refractivity contribution in [1.82, 2.24) is 0 Å². The molecule has 4 rings (SSSR count). The first-order valence-corrected chi connectivity index (χ1v) is 8.33. The monoisotopic (exact) mass is 334 g/mol. The van der Waals surface area contributed by atoms with Crippen LogP contribution in [0.15, 0.2) is 52.9 Å². The first kappa shape index (κ1) is 15.4. The molecule has 3 aromatic rings. The third-order valence-electron chi connectivity index (χ3n) is 4.47. The van der Waals surface area contributed by atoms with Crippen molar-refractivity contribution in [1.29, 1.82) is 0 Å². The van der Waals surface area contributed by atoms with Crippen molar-refractivity contribution in [3.05, 3.63) is 59.9 Å². The standard InChI is InChI=1S/C20H18N2O3/c1-13-11-15(8-9-16(13)22-10-4-7-19(22)23)21-20(24)18-12-14-5-2-3-6-17(14)25-18/h2-3,5-6,8-9,11-12H,4,7,10H2,1H3,(H,21,24). The van der Waals surface area contributed by atoms with E-state index >= 15 is 0 Å². The number of carbonyl (C=O) groups excluding carboxylic acids is 2. The highest BCUT2D eigenvalue weighted by Gasteiger charge is 2.23. The van der Waals surface area contributed by atoms with Gasteiger partial charge in [0.15, 0.2) is 5.76 Å². The predicted molar refractivity (Wildman–Crippen MR) is 96.9 cm³/mol. The number of hydrogen-bond acceptors (Lipinski definition) is 3. The van der Waals surface area contributed by atoms with Crippen LogP contribution in [-0.4, -0.2) is 18.4 Å². The molecule has 0 saturated carbocycles. The molecule has 1 saturated heterocycles. The van der Waals surface area contributed by atoms with Crippen molar-refractivity contribution in [2.24, 2.45) is 0 Å². The summed E-state index contributed by atoms with van der Waals surface area (Å²) in [7, 11) is 0. The maximum absolute atomic E-state index is 12.4. The van der Waals surface area contributed by atoms with Gasteiger partial charge in [0.1, 0.15) is 5.58 Å². The van der Waals surface area contributed by atoms with Gasteiger partial charge in [0, 0.05) is 29.7 Å². The van der Waals surface area contributed by atoms with E-state index in [0.717, 1.165) is 29.6 Å². The van der Waals surface area contributed by atoms with Crippen LogP contribution in [0, 0.1) is 6.92 Å². The lowest BCUT2D eigenvalue weighted by molar-refractivity contribution is -0.117. The van der Waals surface area contributed by atoms with E-state index in [2.05, 4.69) is 5.32 Å². The lowest BCUT2D eigenvalue weighted by Crippen LogP contribution is -2.24. The molecule has 0 bridgehead atoms. The summed E-state index contributed by atoms with van der Waals surface area (Å²) < 4.78 is 5.59. The number of benzene rings is 2. The Kier molecular flexibility index (Phi) is 3.76. The summed E-state index contributed by atoms with van der Waals surface area (Å²) >= 11 is 0. The molecule has 0 aliphatic carbocycles. The second-order valence-electron chi connectivity index (χ2n) is 6.25. The third kappa shape index (κ3) is 2.89. The number of nitrogens with zero attached hydrogens (tertiary/aromatic N) is 1. The maximum Gasteiger partial charge on any atom is 0.291 e. The number of anilines is 2. The van der Waals surface area contributed by atoms with Gasteiger partial charge in [0.2, 0.25) is 5.91 Å². The second kappa shape index (κ2) is 6.09. The minimum atomic E-state index is -0.291. The number of hydrogen-bond donors (Lipinski definition) is 1. The number of aryl methyl sites for hydroxylation is 1. The molecule has 1 aromatic heterocycles. The van der Waals surface area contributed by atoms with E-state index in [1.54, 1.807) is 11.0 Å². The van der Waals surface area contributed by atoms with Gasteiger partial charge < -0.3 is 14.6 Å². The molecule has 0 atom stereocenters. The van der Waals surface area contributed by atoms with E-state index < -0.39 is 0 Å². The van der Waals surface area contributed by atoms with Gasteiger partial charge in [-0.05, 0) is 49.2 Å². The highest BCUT2D eigenvalue weighted by Crippen LogP contribution is 2.28. The maximum atomic E-state index is 12.4. The van der Waals surface area contributed by atoms with Gasteiger partial charge in [0.05, 0.1) is 0 Å². The van der Waals surface area contributed by atoms with Crippen LogP contribution in [0.4, 0.5) is 11.4 Å². The van der Waals surface area contributed by atoms with Gasteiger partial charge in [-0.1, -0.05) is 18.2 Å². The highest BCUT2D eigenvalue weighted by molar-refractivity contribution is 6.05. The molecule has 0 radical (unpaired) electrons. The number of fused-ring (bicyclic) bond motifs is 1. The van der Waals surface area contributed by atoms with Crippen molar-refractivity contribution in [2.45, 2.75) is 19.8 Å². The number of furan rings is 1. The van der Waals surface area contributed by atoms with Gasteiger partial charge in [-0.3, -0.25) is 9.59 Å². The Morgan fingerprint density at radius 3 is 2.72 bits per heavy atom. The van der Waals surface area contributed by atoms with Crippen molar-refractivity contribution >= 4 is 34.2 Å². The van der Waals surface area contributed by atoms with Gasteiger partial charge in [-0.2, -0.15) is 0 Å². The van der Waals surface area contributed by atoms with Crippen LogP contribution in [0.5, 0.6) is 0 Å². The summed E-state index contributed by atoms with van der Waals surface area (Å²) in [6.07, 6.45) is 1.49. The molecule has 2 amide bonds. The number of amides is 2. The molecule has 0 unspecified atom stereocenters. The number of rotatable bonds is 3.